The zero-order valence-corrected chi connectivity index (χ0v) is 7.76. The molecule has 0 atom stereocenters. The molecule has 1 aliphatic heterocycles. The molecular formula is C7H8N2S2. The van der Waals surface area contributed by atoms with Crippen molar-refractivity contribution in [3.05, 3.63) is 20.8 Å². The average molecular weight is 184 g/mol. The van der Waals surface area contributed by atoms with Crippen molar-refractivity contribution in [1.29, 1.82) is 5.26 Å². The molecule has 0 aromatic heterocycles. The zero-order chi connectivity index (χ0) is 8.10. The van der Waals surface area contributed by atoms with Crippen LogP contribution in [0.3, 0.4) is 0 Å². The Hall–Kier alpha value is -0.530. The van der Waals surface area contributed by atoms with Crippen molar-refractivity contribution in [2.75, 3.05) is 7.05 Å². The lowest BCUT2D eigenvalue weighted by atomic mass is 10.4. The van der Waals surface area contributed by atoms with Crippen LogP contribution in [0.2, 0.25) is 0 Å². The van der Waals surface area contributed by atoms with Gasteiger partial charge < -0.3 is 5.32 Å². The minimum Gasteiger partial charge on any atom is -0.389 e. The van der Waals surface area contributed by atoms with Gasteiger partial charge in [-0.25, -0.2) is 0 Å². The van der Waals surface area contributed by atoms with Gasteiger partial charge in [-0.15, -0.1) is 0 Å². The van der Waals surface area contributed by atoms with E-state index >= 15 is 0 Å². The first-order valence-electron chi connectivity index (χ1n) is 3.14. The largest absolute Gasteiger partial charge is 0.389 e. The molecule has 0 radical (unpaired) electrons. The molecule has 0 aliphatic carbocycles. The molecule has 0 bridgehead atoms. The Morgan fingerprint density at radius 1 is 1.64 bits per heavy atom. The number of allylic oxidation sites excluding steroid dienone is 1. The Labute approximate surface area is 74.7 Å². The van der Waals surface area contributed by atoms with Gasteiger partial charge in [-0.05, 0) is 10.8 Å². The van der Waals surface area contributed by atoms with E-state index in [9.17, 15) is 0 Å². The van der Waals surface area contributed by atoms with Crippen molar-refractivity contribution in [3.8, 4) is 6.07 Å². The lowest BCUT2D eigenvalue weighted by Crippen LogP contribution is -2.05. The summed E-state index contributed by atoms with van der Waals surface area (Å²) in [5, 5.41) is 15.5. The van der Waals surface area contributed by atoms with Gasteiger partial charge in [-0.3, -0.25) is 0 Å². The third-order valence-corrected chi connectivity index (χ3v) is 3.42. The van der Waals surface area contributed by atoms with Gasteiger partial charge >= 0.3 is 0 Å². The predicted octanol–water partition coefficient (Wildman–Crippen LogP) is 2.24. The molecule has 0 fully saturated rings. The van der Waals surface area contributed by atoms with Crippen LogP contribution in [0.4, 0.5) is 0 Å². The molecule has 1 rings (SSSR count). The summed E-state index contributed by atoms with van der Waals surface area (Å²) < 4.78 is 1.19. The normalized spacial score (nSPS) is 14.7. The molecule has 0 unspecified atom stereocenters. The van der Waals surface area contributed by atoms with Gasteiger partial charge in [0.1, 0.15) is 0 Å². The van der Waals surface area contributed by atoms with Crippen LogP contribution >= 0.6 is 23.5 Å². The number of hydrogen-bond donors (Lipinski definition) is 1. The van der Waals surface area contributed by atoms with Crippen LogP contribution in [0.15, 0.2) is 20.8 Å². The van der Waals surface area contributed by atoms with Gasteiger partial charge in [0, 0.05) is 12.7 Å². The van der Waals surface area contributed by atoms with Crippen molar-refractivity contribution in [1.82, 2.24) is 5.32 Å². The van der Waals surface area contributed by atoms with E-state index in [-0.39, 0.29) is 0 Å². The highest BCUT2D eigenvalue weighted by atomic mass is 32.2. The van der Waals surface area contributed by atoms with Gasteiger partial charge in [0.15, 0.2) is 0 Å². The second-order valence-electron chi connectivity index (χ2n) is 1.86. The fraction of sp³-hybridized carbons (Fsp3) is 0.286. The minimum atomic E-state index is 0.466. The molecule has 4 heteroatoms. The Kier molecular flexibility index (Phi) is 3.40. The second kappa shape index (κ2) is 4.37. The van der Waals surface area contributed by atoms with Gasteiger partial charge in [0.2, 0.25) is 0 Å². The number of rotatable bonds is 2. The van der Waals surface area contributed by atoms with E-state index in [0.29, 0.717) is 6.42 Å². The zero-order valence-electron chi connectivity index (χ0n) is 6.13. The van der Waals surface area contributed by atoms with E-state index in [0.717, 1.165) is 5.70 Å². The van der Waals surface area contributed by atoms with Gasteiger partial charge in [0.25, 0.3) is 0 Å². The van der Waals surface area contributed by atoms with Crippen molar-refractivity contribution in [2.45, 2.75) is 6.42 Å². The summed E-state index contributed by atoms with van der Waals surface area (Å²) in [6.07, 6.45) is 0.466. The number of nitrogens with zero attached hydrogens (tertiary/aromatic N) is 1. The molecule has 2 nitrogen and oxygen atoms in total. The van der Waals surface area contributed by atoms with E-state index in [1.54, 1.807) is 23.5 Å². The topological polar surface area (TPSA) is 35.8 Å². The first-order valence-corrected chi connectivity index (χ1v) is 4.90. The van der Waals surface area contributed by atoms with Crippen molar-refractivity contribution < 1.29 is 0 Å². The lowest BCUT2D eigenvalue weighted by Gasteiger charge is -2.04. The van der Waals surface area contributed by atoms with Gasteiger partial charge in [-0.2, -0.15) is 5.26 Å². The maximum absolute atomic E-state index is 8.47. The first kappa shape index (κ1) is 8.57. The standard InChI is InChI=1S/C7H8N2S2/c1-9-6(2-3-8)7-10-4-5-11-7/h4-5,9H,2H2,1H3. The number of thioether (sulfide) groups is 2. The molecule has 0 spiro atoms. The monoisotopic (exact) mass is 184 g/mol. The molecule has 58 valence electrons. The van der Waals surface area contributed by atoms with E-state index < -0.39 is 0 Å². The van der Waals surface area contributed by atoms with Gasteiger partial charge in [0.05, 0.1) is 16.7 Å². The van der Waals surface area contributed by atoms with Crippen molar-refractivity contribution in [3.63, 3.8) is 0 Å². The van der Waals surface area contributed by atoms with Crippen LogP contribution in [0, 0.1) is 11.3 Å². The summed E-state index contributed by atoms with van der Waals surface area (Å²) in [4.78, 5) is 0. The molecule has 0 saturated heterocycles. The summed E-state index contributed by atoms with van der Waals surface area (Å²) in [5.74, 6) is 0. The molecular weight excluding hydrogens is 176 g/mol. The van der Waals surface area contributed by atoms with Crippen LogP contribution < -0.4 is 5.32 Å². The fourth-order valence-corrected chi connectivity index (χ4v) is 2.57. The molecule has 11 heavy (non-hydrogen) atoms. The summed E-state index contributed by atoms with van der Waals surface area (Å²) in [7, 11) is 1.85. The fourth-order valence-electron chi connectivity index (χ4n) is 0.691. The molecule has 0 saturated carbocycles. The molecule has 1 aliphatic rings. The quantitative estimate of drug-likeness (QED) is 0.714. The molecule has 1 N–H and O–H groups in total. The Balaban J connectivity index is 2.66. The highest BCUT2D eigenvalue weighted by Crippen LogP contribution is 2.39. The van der Waals surface area contributed by atoms with Crippen LogP contribution in [0.5, 0.6) is 0 Å². The van der Waals surface area contributed by atoms with Crippen LogP contribution in [0.1, 0.15) is 6.42 Å². The van der Waals surface area contributed by atoms with Gasteiger partial charge in [-0.1, -0.05) is 23.5 Å². The van der Waals surface area contributed by atoms with Crippen LogP contribution in [-0.4, -0.2) is 7.05 Å². The highest BCUT2D eigenvalue weighted by molar-refractivity contribution is 8.27. The van der Waals surface area contributed by atoms with E-state index in [2.05, 4.69) is 11.4 Å². The minimum absolute atomic E-state index is 0.466. The maximum atomic E-state index is 8.47. The summed E-state index contributed by atoms with van der Waals surface area (Å²) in [6, 6.07) is 2.12. The lowest BCUT2D eigenvalue weighted by molar-refractivity contribution is 0.946. The van der Waals surface area contributed by atoms with Crippen molar-refractivity contribution in [2.24, 2.45) is 0 Å². The SMILES string of the molecule is CNC(CC#N)=C1SC=CS1. The summed E-state index contributed by atoms with van der Waals surface area (Å²) >= 11 is 3.33. The van der Waals surface area contributed by atoms with Crippen LogP contribution in [0.25, 0.3) is 0 Å². The molecule has 0 amide bonds. The van der Waals surface area contributed by atoms with E-state index in [1.807, 2.05) is 17.9 Å². The van der Waals surface area contributed by atoms with E-state index in [1.165, 1.54) is 4.24 Å². The Morgan fingerprint density at radius 2 is 2.27 bits per heavy atom. The predicted molar refractivity (Wildman–Crippen MR) is 50.6 cm³/mol. The number of nitriles is 1. The Morgan fingerprint density at radius 3 is 2.73 bits per heavy atom. The molecule has 0 aromatic carbocycles. The second-order valence-corrected chi connectivity index (χ2v) is 3.95. The molecule has 0 aromatic rings. The average Bonchev–Trinajstić information content (AvgIpc) is 2.52. The first-order chi connectivity index (χ1) is 5.38. The number of nitrogens with one attached hydrogen (secondary N) is 1. The third kappa shape index (κ3) is 2.21. The maximum Gasteiger partial charge on any atom is 0.0766 e. The van der Waals surface area contributed by atoms with Crippen LogP contribution in [-0.2, 0) is 0 Å². The van der Waals surface area contributed by atoms with E-state index in [4.69, 9.17) is 5.26 Å². The molecule has 1 heterocycles. The summed E-state index contributed by atoms with van der Waals surface area (Å²) in [6.45, 7) is 0. The third-order valence-electron chi connectivity index (χ3n) is 1.21. The smallest absolute Gasteiger partial charge is 0.0766 e. The Bertz CT molecular complexity index is 227. The summed E-state index contributed by atoms with van der Waals surface area (Å²) in [5.41, 5.74) is 1.02. The highest BCUT2D eigenvalue weighted by Gasteiger charge is 2.07. The van der Waals surface area contributed by atoms with Crippen molar-refractivity contribution >= 4 is 23.5 Å². The number of hydrogen-bond acceptors (Lipinski definition) is 4.